The van der Waals surface area contributed by atoms with E-state index >= 15 is 0 Å². The molecule has 0 aliphatic rings. The van der Waals surface area contributed by atoms with Crippen molar-refractivity contribution in [2.45, 2.75) is 26.4 Å². The number of carbonyl (C=O) groups excluding carboxylic acids is 2. The number of hydrogen-bond donors (Lipinski definition) is 3. The summed E-state index contributed by atoms with van der Waals surface area (Å²) in [5, 5.41) is 13.1. The van der Waals surface area contributed by atoms with E-state index in [1.54, 1.807) is 39.0 Å². The van der Waals surface area contributed by atoms with Crippen molar-refractivity contribution < 1.29 is 24.2 Å². The number of fused-ring (bicyclic) bond motifs is 2. The molecular formula is C24H21N3O6. The number of aromatic nitrogens is 2. The molecule has 9 nitrogen and oxygen atoms in total. The van der Waals surface area contributed by atoms with E-state index in [4.69, 9.17) is 4.74 Å². The Hall–Kier alpha value is -4.40. The predicted octanol–water partition coefficient (Wildman–Crippen LogP) is 4.34. The molecule has 4 aromatic rings. The number of alkyl carbamates (subject to hydrolysis) is 1. The fourth-order valence-corrected chi connectivity index (χ4v) is 3.57. The van der Waals surface area contributed by atoms with E-state index < -0.39 is 29.3 Å². The average molecular weight is 447 g/mol. The number of amides is 2. The maximum atomic E-state index is 12.7. The lowest BCUT2D eigenvalue weighted by Crippen LogP contribution is -2.36. The summed E-state index contributed by atoms with van der Waals surface area (Å²) >= 11 is 0. The zero-order valence-electron chi connectivity index (χ0n) is 18.1. The zero-order valence-corrected chi connectivity index (χ0v) is 18.1. The Balaban J connectivity index is 1.78. The maximum Gasteiger partial charge on any atom is 0.416 e. The predicted molar refractivity (Wildman–Crippen MR) is 123 cm³/mol. The highest BCUT2D eigenvalue weighted by Crippen LogP contribution is 2.28. The van der Waals surface area contributed by atoms with Gasteiger partial charge in [-0.15, -0.1) is 0 Å². The summed E-state index contributed by atoms with van der Waals surface area (Å²) in [6.45, 7) is 5.02. The van der Waals surface area contributed by atoms with Gasteiger partial charge < -0.3 is 14.8 Å². The highest BCUT2D eigenvalue weighted by atomic mass is 16.6. The van der Waals surface area contributed by atoms with Crippen molar-refractivity contribution >= 4 is 39.9 Å². The van der Waals surface area contributed by atoms with Gasteiger partial charge >= 0.3 is 12.2 Å². The van der Waals surface area contributed by atoms with Gasteiger partial charge in [0, 0.05) is 16.5 Å². The minimum absolute atomic E-state index is 0.134. The number of carboxylic acid groups (broad SMARTS) is 1. The second-order valence-corrected chi connectivity index (χ2v) is 8.48. The molecule has 0 spiro atoms. The van der Waals surface area contributed by atoms with Gasteiger partial charge in [-0.05, 0) is 62.6 Å². The van der Waals surface area contributed by atoms with E-state index in [9.17, 15) is 24.3 Å². The van der Waals surface area contributed by atoms with Crippen molar-refractivity contribution in [2.24, 2.45) is 0 Å². The molecule has 0 bridgehead atoms. The molecule has 0 saturated heterocycles. The molecule has 0 unspecified atom stereocenters. The van der Waals surface area contributed by atoms with Crippen molar-refractivity contribution in [3.8, 4) is 11.3 Å². The first kappa shape index (κ1) is 21.8. The highest BCUT2D eigenvalue weighted by molar-refractivity contribution is 6.06. The molecule has 3 N–H and O–H groups in total. The van der Waals surface area contributed by atoms with Crippen LogP contribution in [0.5, 0.6) is 0 Å². The Bertz CT molecular complexity index is 1490. The molecule has 0 aliphatic heterocycles. The third-order valence-electron chi connectivity index (χ3n) is 4.90. The summed E-state index contributed by atoms with van der Waals surface area (Å²) in [6.07, 6.45) is -2.17. The molecule has 168 valence electrons. The number of aromatic amines is 1. The number of carbonyl (C=O) groups is 3. The van der Waals surface area contributed by atoms with Gasteiger partial charge in [-0.25, -0.2) is 14.2 Å². The SMILES string of the molecule is CC(C)(C)OC(=O)NC(=O)c1ccc2c(c1)cc(-c1cc3ccccc3[nH]c1=O)n2C(=O)O. The number of imide groups is 1. The van der Waals surface area contributed by atoms with Gasteiger partial charge in [0.15, 0.2) is 0 Å². The second kappa shape index (κ2) is 7.94. The smallest absolute Gasteiger partial charge is 0.416 e. The van der Waals surface area contributed by atoms with E-state index in [-0.39, 0.29) is 16.8 Å². The van der Waals surface area contributed by atoms with Crippen LogP contribution in [0, 0.1) is 0 Å². The van der Waals surface area contributed by atoms with Gasteiger partial charge in [-0.2, -0.15) is 0 Å². The fourth-order valence-electron chi connectivity index (χ4n) is 3.57. The third kappa shape index (κ3) is 4.33. The maximum absolute atomic E-state index is 12.7. The van der Waals surface area contributed by atoms with Crippen LogP contribution in [0.2, 0.25) is 0 Å². The standard InChI is InChI=1S/C24H21N3O6/c1-24(2,3)33-22(30)26-20(28)14-8-9-18-15(10-14)12-19(27(18)23(31)32)16-11-13-6-4-5-7-17(13)25-21(16)29/h4-12H,1-3H3,(H,25,29)(H,31,32)(H,26,28,30). The summed E-state index contributed by atoms with van der Waals surface area (Å²) < 4.78 is 6.08. The Kier molecular flexibility index (Phi) is 5.25. The molecule has 4 rings (SSSR count). The Morgan fingerprint density at radius 3 is 2.42 bits per heavy atom. The molecular weight excluding hydrogens is 426 g/mol. The summed E-state index contributed by atoms with van der Waals surface area (Å²) in [5.41, 5.74) is 0.178. The lowest BCUT2D eigenvalue weighted by atomic mass is 10.1. The van der Waals surface area contributed by atoms with Gasteiger partial charge in [-0.1, -0.05) is 18.2 Å². The van der Waals surface area contributed by atoms with Crippen LogP contribution in [0.4, 0.5) is 9.59 Å². The monoisotopic (exact) mass is 447 g/mol. The molecule has 0 atom stereocenters. The number of pyridine rings is 1. The molecule has 2 heterocycles. The van der Waals surface area contributed by atoms with Crippen molar-refractivity contribution in [2.75, 3.05) is 0 Å². The molecule has 2 aromatic carbocycles. The number of nitrogens with zero attached hydrogens (tertiary/aromatic N) is 1. The fraction of sp³-hybridized carbons (Fsp3) is 0.167. The molecule has 0 radical (unpaired) electrons. The van der Waals surface area contributed by atoms with E-state index in [2.05, 4.69) is 10.3 Å². The number of para-hydroxylation sites is 1. The van der Waals surface area contributed by atoms with Crippen LogP contribution in [0.25, 0.3) is 33.1 Å². The molecule has 2 aromatic heterocycles. The highest BCUT2D eigenvalue weighted by Gasteiger charge is 2.22. The molecule has 2 amide bonds. The Morgan fingerprint density at radius 2 is 1.73 bits per heavy atom. The van der Waals surface area contributed by atoms with Gasteiger partial charge in [0.2, 0.25) is 0 Å². The molecule has 9 heteroatoms. The van der Waals surface area contributed by atoms with E-state index in [1.807, 2.05) is 12.1 Å². The van der Waals surface area contributed by atoms with E-state index in [0.29, 0.717) is 16.4 Å². The van der Waals surface area contributed by atoms with Crippen molar-refractivity contribution in [1.82, 2.24) is 14.9 Å². The average Bonchev–Trinajstić information content (AvgIpc) is 3.10. The lowest BCUT2D eigenvalue weighted by molar-refractivity contribution is 0.0508. The van der Waals surface area contributed by atoms with E-state index in [0.717, 1.165) is 9.95 Å². The first-order chi connectivity index (χ1) is 15.5. The number of benzene rings is 2. The lowest BCUT2D eigenvalue weighted by Gasteiger charge is -2.19. The molecule has 0 aliphatic carbocycles. The number of ether oxygens (including phenoxy) is 1. The van der Waals surface area contributed by atoms with Gasteiger partial charge in [0.25, 0.3) is 11.5 Å². The van der Waals surface area contributed by atoms with Gasteiger partial charge in [0.1, 0.15) is 5.60 Å². The van der Waals surface area contributed by atoms with Crippen LogP contribution in [0.1, 0.15) is 31.1 Å². The number of nitrogens with one attached hydrogen (secondary N) is 2. The van der Waals surface area contributed by atoms with Gasteiger partial charge in [-0.3, -0.25) is 14.9 Å². The van der Waals surface area contributed by atoms with Crippen molar-refractivity contribution in [3.05, 3.63) is 70.5 Å². The topological polar surface area (TPSA) is 130 Å². The number of H-pyrrole nitrogens is 1. The van der Waals surface area contributed by atoms with Crippen LogP contribution < -0.4 is 10.9 Å². The van der Waals surface area contributed by atoms with Crippen molar-refractivity contribution in [1.29, 1.82) is 0 Å². The second-order valence-electron chi connectivity index (χ2n) is 8.48. The van der Waals surface area contributed by atoms with Crippen molar-refractivity contribution in [3.63, 3.8) is 0 Å². The third-order valence-corrected chi connectivity index (χ3v) is 4.90. The van der Waals surface area contributed by atoms with Crippen LogP contribution in [-0.4, -0.2) is 38.4 Å². The summed E-state index contributed by atoms with van der Waals surface area (Å²) in [5.74, 6) is -0.695. The Morgan fingerprint density at radius 1 is 1.00 bits per heavy atom. The quantitative estimate of drug-likeness (QED) is 0.419. The first-order valence-electron chi connectivity index (χ1n) is 10.1. The summed E-state index contributed by atoms with van der Waals surface area (Å²) in [6, 6.07) is 14.6. The van der Waals surface area contributed by atoms with Crippen LogP contribution >= 0.6 is 0 Å². The first-order valence-corrected chi connectivity index (χ1v) is 10.1. The minimum Gasteiger partial charge on any atom is -0.464 e. The summed E-state index contributed by atoms with van der Waals surface area (Å²) in [4.78, 5) is 51.9. The zero-order chi connectivity index (χ0) is 23.9. The van der Waals surface area contributed by atoms with Crippen LogP contribution in [0.15, 0.2) is 59.4 Å². The Labute approximate surface area is 187 Å². The van der Waals surface area contributed by atoms with Crippen LogP contribution in [-0.2, 0) is 4.74 Å². The molecule has 33 heavy (non-hydrogen) atoms. The van der Waals surface area contributed by atoms with E-state index in [1.165, 1.54) is 24.3 Å². The minimum atomic E-state index is -1.28. The largest absolute Gasteiger partial charge is 0.464 e. The van der Waals surface area contributed by atoms with Crippen LogP contribution in [0.3, 0.4) is 0 Å². The number of rotatable bonds is 2. The molecule has 0 fully saturated rings. The normalized spacial score (nSPS) is 11.5. The summed E-state index contributed by atoms with van der Waals surface area (Å²) in [7, 11) is 0. The molecule has 0 saturated carbocycles. The number of hydrogen-bond acceptors (Lipinski definition) is 5. The van der Waals surface area contributed by atoms with Gasteiger partial charge in [0.05, 0.1) is 16.8 Å².